The highest BCUT2D eigenvalue weighted by Gasteiger charge is 2.12. The van der Waals surface area contributed by atoms with E-state index in [1.807, 2.05) is 26.0 Å². The van der Waals surface area contributed by atoms with Gasteiger partial charge in [-0.15, -0.1) is 0 Å². The first-order valence-electron chi connectivity index (χ1n) is 5.19. The summed E-state index contributed by atoms with van der Waals surface area (Å²) in [5, 5.41) is 0. The molecule has 1 aromatic carbocycles. The molecular weight excluding hydrogens is 188 g/mol. The SMILES string of the molecule is CCC(=O)c1c(C)cc(CN)cc1CN. The van der Waals surface area contributed by atoms with E-state index in [1.165, 1.54) is 0 Å². The van der Waals surface area contributed by atoms with Crippen LogP contribution in [0.15, 0.2) is 12.1 Å². The molecule has 0 aromatic heterocycles. The first kappa shape index (κ1) is 11.9. The lowest BCUT2D eigenvalue weighted by Crippen LogP contribution is -2.11. The highest BCUT2D eigenvalue weighted by Crippen LogP contribution is 2.18. The van der Waals surface area contributed by atoms with Gasteiger partial charge in [-0.05, 0) is 23.6 Å². The number of carbonyl (C=O) groups is 1. The van der Waals surface area contributed by atoms with Crippen LogP contribution in [0, 0.1) is 6.92 Å². The van der Waals surface area contributed by atoms with E-state index in [0.717, 1.165) is 22.3 Å². The van der Waals surface area contributed by atoms with Crippen LogP contribution in [0.5, 0.6) is 0 Å². The lowest BCUT2D eigenvalue weighted by Gasteiger charge is -2.11. The molecule has 0 spiro atoms. The van der Waals surface area contributed by atoms with Gasteiger partial charge >= 0.3 is 0 Å². The summed E-state index contributed by atoms with van der Waals surface area (Å²) in [7, 11) is 0. The Bertz CT molecular complexity index is 372. The first-order chi connectivity index (χ1) is 7.13. The fraction of sp³-hybridized carbons (Fsp3) is 0.417. The third-order valence-electron chi connectivity index (χ3n) is 2.53. The van der Waals surface area contributed by atoms with Crippen LogP contribution in [0.2, 0.25) is 0 Å². The predicted molar refractivity (Wildman–Crippen MR) is 61.6 cm³/mol. The second kappa shape index (κ2) is 5.05. The highest BCUT2D eigenvalue weighted by atomic mass is 16.1. The third kappa shape index (κ3) is 2.43. The second-order valence-corrected chi connectivity index (χ2v) is 3.63. The van der Waals surface area contributed by atoms with Crippen molar-refractivity contribution in [1.82, 2.24) is 0 Å². The van der Waals surface area contributed by atoms with E-state index in [0.29, 0.717) is 19.5 Å². The maximum Gasteiger partial charge on any atom is 0.163 e. The number of benzene rings is 1. The van der Waals surface area contributed by atoms with Gasteiger partial charge in [0, 0.05) is 25.1 Å². The smallest absolute Gasteiger partial charge is 0.163 e. The summed E-state index contributed by atoms with van der Waals surface area (Å²) in [6.07, 6.45) is 0.510. The fourth-order valence-corrected chi connectivity index (χ4v) is 1.80. The molecule has 0 heterocycles. The van der Waals surface area contributed by atoms with Crippen molar-refractivity contribution >= 4 is 5.78 Å². The maximum absolute atomic E-state index is 11.7. The van der Waals surface area contributed by atoms with Crippen molar-refractivity contribution in [2.45, 2.75) is 33.4 Å². The van der Waals surface area contributed by atoms with Crippen LogP contribution in [0.4, 0.5) is 0 Å². The number of ketones is 1. The van der Waals surface area contributed by atoms with Crippen LogP contribution in [-0.4, -0.2) is 5.78 Å². The Kier molecular flexibility index (Phi) is 4.00. The van der Waals surface area contributed by atoms with Crippen LogP contribution in [-0.2, 0) is 13.1 Å². The van der Waals surface area contributed by atoms with E-state index >= 15 is 0 Å². The number of nitrogens with two attached hydrogens (primary N) is 2. The van der Waals surface area contributed by atoms with Crippen molar-refractivity contribution in [3.05, 3.63) is 34.4 Å². The number of aryl methyl sites for hydroxylation is 1. The van der Waals surface area contributed by atoms with Gasteiger partial charge in [0.15, 0.2) is 5.78 Å². The van der Waals surface area contributed by atoms with E-state index in [4.69, 9.17) is 11.5 Å². The molecule has 0 aliphatic heterocycles. The number of hydrogen-bond donors (Lipinski definition) is 2. The number of hydrogen-bond acceptors (Lipinski definition) is 3. The molecule has 4 N–H and O–H groups in total. The topological polar surface area (TPSA) is 69.1 Å². The summed E-state index contributed by atoms with van der Waals surface area (Å²) in [5.74, 6) is 0.150. The number of Topliss-reactive ketones (excluding diaryl/α,β-unsaturated/α-hetero) is 1. The third-order valence-corrected chi connectivity index (χ3v) is 2.53. The first-order valence-corrected chi connectivity index (χ1v) is 5.19. The molecule has 0 saturated carbocycles. The van der Waals surface area contributed by atoms with Gasteiger partial charge in [0.1, 0.15) is 0 Å². The maximum atomic E-state index is 11.7. The van der Waals surface area contributed by atoms with Crippen molar-refractivity contribution in [1.29, 1.82) is 0 Å². The zero-order valence-electron chi connectivity index (χ0n) is 9.34. The predicted octanol–water partition coefficient (Wildman–Crippen LogP) is 1.51. The van der Waals surface area contributed by atoms with Gasteiger partial charge in [-0.2, -0.15) is 0 Å². The average molecular weight is 206 g/mol. The van der Waals surface area contributed by atoms with Gasteiger partial charge in [0.05, 0.1) is 0 Å². The van der Waals surface area contributed by atoms with Crippen LogP contribution in [0.3, 0.4) is 0 Å². The Morgan fingerprint density at radius 2 is 1.93 bits per heavy atom. The summed E-state index contributed by atoms with van der Waals surface area (Å²) in [4.78, 5) is 11.7. The molecule has 0 atom stereocenters. The quantitative estimate of drug-likeness (QED) is 0.733. The molecule has 3 nitrogen and oxygen atoms in total. The lowest BCUT2D eigenvalue weighted by atomic mass is 9.94. The highest BCUT2D eigenvalue weighted by molar-refractivity contribution is 5.98. The van der Waals surface area contributed by atoms with Crippen LogP contribution < -0.4 is 11.5 Å². The van der Waals surface area contributed by atoms with Crippen LogP contribution in [0.1, 0.15) is 40.4 Å². The number of rotatable bonds is 4. The van der Waals surface area contributed by atoms with Crippen molar-refractivity contribution < 1.29 is 4.79 Å². The van der Waals surface area contributed by atoms with E-state index in [1.54, 1.807) is 0 Å². The fourth-order valence-electron chi connectivity index (χ4n) is 1.80. The second-order valence-electron chi connectivity index (χ2n) is 3.63. The molecule has 0 radical (unpaired) electrons. The van der Waals surface area contributed by atoms with Crippen molar-refractivity contribution in [3.8, 4) is 0 Å². The van der Waals surface area contributed by atoms with Gasteiger partial charge in [-0.25, -0.2) is 0 Å². The van der Waals surface area contributed by atoms with Gasteiger partial charge < -0.3 is 11.5 Å². The van der Waals surface area contributed by atoms with Crippen LogP contribution in [0.25, 0.3) is 0 Å². The molecular formula is C12H18N2O. The van der Waals surface area contributed by atoms with Crippen molar-refractivity contribution in [2.24, 2.45) is 11.5 Å². The molecule has 3 heteroatoms. The lowest BCUT2D eigenvalue weighted by molar-refractivity contribution is 0.0986. The molecule has 15 heavy (non-hydrogen) atoms. The summed E-state index contributed by atoms with van der Waals surface area (Å²) in [6, 6.07) is 3.89. The Hall–Kier alpha value is -1.19. The Labute approximate surface area is 90.5 Å². The largest absolute Gasteiger partial charge is 0.326 e. The van der Waals surface area contributed by atoms with Gasteiger partial charge in [0.25, 0.3) is 0 Å². The van der Waals surface area contributed by atoms with E-state index in [2.05, 4.69) is 0 Å². The van der Waals surface area contributed by atoms with Gasteiger partial charge in [-0.3, -0.25) is 4.79 Å². The van der Waals surface area contributed by atoms with E-state index in [9.17, 15) is 4.79 Å². The molecule has 0 bridgehead atoms. The van der Waals surface area contributed by atoms with Crippen molar-refractivity contribution in [3.63, 3.8) is 0 Å². The molecule has 1 aromatic rings. The summed E-state index contributed by atoms with van der Waals surface area (Å²) >= 11 is 0. The van der Waals surface area contributed by atoms with E-state index < -0.39 is 0 Å². The Balaban J connectivity index is 3.30. The van der Waals surface area contributed by atoms with Gasteiger partial charge in [0.2, 0.25) is 0 Å². The Morgan fingerprint density at radius 3 is 2.40 bits per heavy atom. The molecule has 1 rings (SSSR count). The zero-order valence-corrected chi connectivity index (χ0v) is 9.34. The minimum Gasteiger partial charge on any atom is -0.326 e. The molecule has 0 fully saturated rings. The normalized spacial score (nSPS) is 10.4. The van der Waals surface area contributed by atoms with Crippen molar-refractivity contribution in [2.75, 3.05) is 0 Å². The molecule has 0 saturated heterocycles. The Morgan fingerprint density at radius 1 is 1.27 bits per heavy atom. The molecule has 0 aliphatic carbocycles. The minimum atomic E-state index is 0.150. The summed E-state index contributed by atoms with van der Waals surface area (Å²) in [5.41, 5.74) is 14.9. The molecule has 0 unspecified atom stereocenters. The van der Waals surface area contributed by atoms with E-state index in [-0.39, 0.29) is 5.78 Å². The zero-order chi connectivity index (χ0) is 11.4. The number of carbonyl (C=O) groups excluding carboxylic acids is 1. The molecule has 82 valence electrons. The monoisotopic (exact) mass is 206 g/mol. The summed E-state index contributed by atoms with van der Waals surface area (Å²) < 4.78 is 0. The van der Waals surface area contributed by atoms with Gasteiger partial charge in [-0.1, -0.05) is 19.1 Å². The minimum absolute atomic E-state index is 0.150. The average Bonchev–Trinajstić information content (AvgIpc) is 2.26. The summed E-state index contributed by atoms with van der Waals surface area (Å²) in [6.45, 7) is 4.66. The van der Waals surface area contributed by atoms with Crippen LogP contribution >= 0.6 is 0 Å². The standard InChI is InChI=1S/C12H18N2O/c1-3-11(15)12-8(2)4-9(6-13)5-10(12)7-14/h4-5H,3,6-7,13-14H2,1-2H3. The molecule has 0 aliphatic rings. The molecule has 0 amide bonds.